The number of carbonyl (C=O) groups excluding carboxylic acids is 1. The van der Waals surface area contributed by atoms with Crippen molar-refractivity contribution in [2.24, 2.45) is 10.9 Å². The Balaban J connectivity index is 3.66. The molecule has 0 radical (unpaired) electrons. The molecule has 0 aromatic carbocycles. The molecule has 0 aromatic heterocycles. The van der Waals surface area contributed by atoms with Crippen molar-refractivity contribution in [1.29, 1.82) is 0 Å². The molecule has 0 rings (SSSR count). The Labute approximate surface area is 83.5 Å². The number of rotatable bonds is 4. The summed E-state index contributed by atoms with van der Waals surface area (Å²) in [6, 6.07) is 0. The highest BCUT2D eigenvalue weighted by Gasteiger charge is 2.12. The molecule has 5 N–H and O–H groups in total. The van der Waals surface area contributed by atoms with E-state index in [-0.39, 0.29) is 30.4 Å². The fourth-order valence-corrected chi connectivity index (χ4v) is 0.802. The SMILES string of the molecule is CC(C)(C)NC(=O)CNCC(N)=NO. The summed E-state index contributed by atoms with van der Waals surface area (Å²) in [7, 11) is 0. The van der Waals surface area contributed by atoms with Gasteiger partial charge in [0.25, 0.3) is 0 Å². The number of hydrogen-bond donors (Lipinski definition) is 4. The first kappa shape index (κ1) is 12.7. The normalized spacial score (nSPS) is 12.6. The van der Waals surface area contributed by atoms with Gasteiger partial charge in [0.2, 0.25) is 5.91 Å². The minimum Gasteiger partial charge on any atom is -0.409 e. The molecular weight excluding hydrogens is 184 g/mol. The first-order valence-corrected chi connectivity index (χ1v) is 4.33. The van der Waals surface area contributed by atoms with Crippen LogP contribution < -0.4 is 16.4 Å². The van der Waals surface area contributed by atoms with E-state index in [1.54, 1.807) is 0 Å². The van der Waals surface area contributed by atoms with Gasteiger partial charge in [-0.05, 0) is 20.8 Å². The quantitative estimate of drug-likeness (QED) is 0.208. The van der Waals surface area contributed by atoms with E-state index in [0.29, 0.717) is 0 Å². The Hall–Kier alpha value is -1.30. The summed E-state index contributed by atoms with van der Waals surface area (Å²) in [5.74, 6) is -0.0724. The third-order valence-electron chi connectivity index (χ3n) is 1.23. The van der Waals surface area contributed by atoms with Crippen LogP contribution in [0.25, 0.3) is 0 Å². The van der Waals surface area contributed by atoms with Gasteiger partial charge in [0.1, 0.15) is 0 Å². The highest BCUT2D eigenvalue weighted by molar-refractivity contribution is 5.83. The zero-order valence-corrected chi connectivity index (χ0v) is 8.79. The molecule has 0 heterocycles. The van der Waals surface area contributed by atoms with Crippen molar-refractivity contribution in [2.45, 2.75) is 26.3 Å². The Morgan fingerprint density at radius 2 is 2.00 bits per heavy atom. The maximum atomic E-state index is 11.2. The highest BCUT2D eigenvalue weighted by atomic mass is 16.4. The van der Waals surface area contributed by atoms with Crippen LogP contribution in [0.2, 0.25) is 0 Å². The molecule has 0 saturated carbocycles. The predicted molar refractivity (Wildman–Crippen MR) is 54.2 cm³/mol. The summed E-state index contributed by atoms with van der Waals surface area (Å²) in [4.78, 5) is 11.2. The first-order valence-electron chi connectivity index (χ1n) is 4.33. The van der Waals surface area contributed by atoms with E-state index < -0.39 is 0 Å². The van der Waals surface area contributed by atoms with Gasteiger partial charge < -0.3 is 21.6 Å². The van der Waals surface area contributed by atoms with Crippen molar-refractivity contribution >= 4 is 11.7 Å². The molecule has 82 valence electrons. The maximum Gasteiger partial charge on any atom is 0.234 e. The van der Waals surface area contributed by atoms with Crippen LogP contribution in [0, 0.1) is 0 Å². The third-order valence-corrected chi connectivity index (χ3v) is 1.23. The number of nitrogens with zero attached hydrogens (tertiary/aromatic N) is 1. The Kier molecular flexibility index (Phi) is 4.93. The molecule has 0 aliphatic carbocycles. The second-order valence-electron chi connectivity index (χ2n) is 3.99. The molecule has 0 fully saturated rings. The van der Waals surface area contributed by atoms with Crippen molar-refractivity contribution in [1.82, 2.24) is 10.6 Å². The lowest BCUT2D eigenvalue weighted by Crippen LogP contribution is -2.45. The fourth-order valence-electron chi connectivity index (χ4n) is 0.802. The average molecular weight is 202 g/mol. The van der Waals surface area contributed by atoms with Gasteiger partial charge in [-0.1, -0.05) is 5.16 Å². The largest absolute Gasteiger partial charge is 0.409 e. The molecule has 0 saturated heterocycles. The van der Waals surface area contributed by atoms with Crippen LogP contribution in [0.4, 0.5) is 0 Å². The van der Waals surface area contributed by atoms with Crippen molar-refractivity contribution in [2.75, 3.05) is 13.1 Å². The molecule has 0 unspecified atom stereocenters. The molecule has 6 heteroatoms. The summed E-state index contributed by atoms with van der Waals surface area (Å²) in [6.07, 6.45) is 0. The van der Waals surface area contributed by atoms with Gasteiger partial charge in [-0.25, -0.2) is 0 Å². The molecule has 0 aliphatic heterocycles. The standard InChI is InChI=1S/C8H18N4O2/c1-8(2,3)11-7(13)5-10-4-6(9)12-14/h10,14H,4-5H2,1-3H3,(H2,9,12)(H,11,13). The summed E-state index contributed by atoms with van der Waals surface area (Å²) < 4.78 is 0. The summed E-state index contributed by atoms with van der Waals surface area (Å²) in [5.41, 5.74) is 4.95. The van der Waals surface area contributed by atoms with Gasteiger partial charge >= 0.3 is 0 Å². The molecule has 0 aromatic rings. The second kappa shape index (κ2) is 5.43. The maximum absolute atomic E-state index is 11.2. The second-order valence-corrected chi connectivity index (χ2v) is 3.99. The Bertz CT molecular complexity index is 220. The van der Waals surface area contributed by atoms with Crippen molar-refractivity contribution in [3.8, 4) is 0 Å². The van der Waals surface area contributed by atoms with Gasteiger partial charge in [-0.15, -0.1) is 0 Å². The van der Waals surface area contributed by atoms with Crippen LogP contribution in [0.15, 0.2) is 5.16 Å². The highest BCUT2D eigenvalue weighted by Crippen LogP contribution is 1.96. The number of oxime groups is 1. The molecule has 0 spiro atoms. The fraction of sp³-hybridized carbons (Fsp3) is 0.750. The van der Waals surface area contributed by atoms with Crippen molar-refractivity contribution in [3.63, 3.8) is 0 Å². The topological polar surface area (TPSA) is 99.7 Å². The molecule has 0 bridgehead atoms. The van der Waals surface area contributed by atoms with E-state index >= 15 is 0 Å². The Morgan fingerprint density at radius 3 is 2.43 bits per heavy atom. The summed E-state index contributed by atoms with van der Waals surface area (Å²) in [6.45, 7) is 6.03. The zero-order chi connectivity index (χ0) is 11.2. The molecule has 0 aliphatic rings. The summed E-state index contributed by atoms with van der Waals surface area (Å²) >= 11 is 0. The minimum absolute atomic E-state index is 0.0496. The number of amidine groups is 1. The molecular formula is C8H18N4O2. The lowest BCUT2D eigenvalue weighted by Gasteiger charge is -2.20. The van der Waals surface area contributed by atoms with E-state index in [2.05, 4.69) is 15.8 Å². The van der Waals surface area contributed by atoms with Crippen molar-refractivity contribution < 1.29 is 10.0 Å². The van der Waals surface area contributed by atoms with E-state index in [1.807, 2.05) is 20.8 Å². The molecule has 6 nitrogen and oxygen atoms in total. The lowest BCUT2D eigenvalue weighted by molar-refractivity contribution is -0.121. The van der Waals surface area contributed by atoms with Gasteiger partial charge in [0.15, 0.2) is 5.84 Å². The van der Waals surface area contributed by atoms with Crippen LogP contribution in [0.5, 0.6) is 0 Å². The van der Waals surface area contributed by atoms with E-state index in [9.17, 15) is 4.79 Å². The van der Waals surface area contributed by atoms with Crippen LogP contribution in [-0.4, -0.2) is 35.6 Å². The minimum atomic E-state index is -0.241. The smallest absolute Gasteiger partial charge is 0.234 e. The van der Waals surface area contributed by atoms with Crippen LogP contribution >= 0.6 is 0 Å². The summed E-state index contributed by atoms with van der Waals surface area (Å²) in [5, 5.41) is 16.5. The molecule has 0 atom stereocenters. The van der Waals surface area contributed by atoms with Crippen molar-refractivity contribution in [3.05, 3.63) is 0 Å². The number of amides is 1. The van der Waals surface area contributed by atoms with E-state index in [4.69, 9.17) is 10.9 Å². The van der Waals surface area contributed by atoms with E-state index in [1.165, 1.54) is 0 Å². The van der Waals surface area contributed by atoms with Crippen LogP contribution in [0.1, 0.15) is 20.8 Å². The number of carbonyl (C=O) groups is 1. The monoisotopic (exact) mass is 202 g/mol. The predicted octanol–water partition coefficient (Wildman–Crippen LogP) is -0.763. The molecule has 14 heavy (non-hydrogen) atoms. The van der Waals surface area contributed by atoms with Gasteiger partial charge in [-0.3, -0.25) is 4.79 Å². The number of hydrogen-bond acceptors (Lipinski definition) is 4. The number of nitrogens with one attached hydrogen (secondary N) is 2. The molecule has 1 amide bonds. The average Bonchev–Trinajstić information content (AvgIpc) is 2.00. The first-order chi connectivity index (χ1) is 6.35. The van der Waals surface area contributed by atoms with Gasteiger partial charge in [-0.2, -0.15) is 0 Å². The Morgan fingerprint density at radius 1 is 1.43 bits per heavy atom. The number of nitrogens with two attached hydrogens (primary N) is 1. The van der Waals surface area contributed by atoms with Gasteiger partial charge in [0, 0.05) is 5.54 Å². The van der Waals surface area contributed by atoms with Gasteiger partial charge in [0.05, 0.1) is 13.1 Å². The van der Waals surface area contributed by atoms with Crippen LogP contribution in [0.3, 0.4) is 0 Å². The zero-order valence-electron chi connectivity index (χ0n) is 8.79. The lowest BCUT2D eigenvalue weighted by atomic mass is 10.1. The van der Waals surface area contributed by atoms with E-state index in [0.717, 1.165) is 0 Å². The van der Waals surface area contributed by atoms with Crippen LogP contribution in [-0.2, 0) is 4.79 Å². The third kappa shape index (κ3) is 7.35.